The number of nitrogens with zero attached hydrogens (tertiary/aromatic N) is 3. The van der Waals surface area contributed by atoms with Crippen LogP contribution in [0.4, 0.5) is 5.82 Å². The smallest absolute Gasteiger partial charge is 0.147 e. The summed E-state index contributed by atoms with van der Waals surface area (Å²) in [5, 5.41) is 3.41. The highest BCUT2D eigenvalue weighted by Crippen LogP contribution is 2.24. The van der Waals surface area contributed by atoms with Crippen LogP contribution in [0.2, 0.25) is 0 Å². The van der Waals surface area contributed by atoms with E-state index >= 15 is 0 Å². The topological polar surface area (TPSA) is 41.1 Å². The van der Waals surface area contributed by atoms with Crippen LogP contribution < -0.4 is 10.2 Å². The Morgan fingerprint density at radius 2 is 2.15 bits per heavy atom. The molecule has 0 saturated carbocycles. The van der Waals surface area contributed by atoms with E-state index in [9.17, 15) is 0 Å². The van der Waals surface area contributed by atoms with Crippen LogP contribution in [-0.4, -0.2) is 28.6 Å². The van der Waals surface area contributed by atoms with E-state index in [1.54, 1.807) is 0 Å². The van der Waals surface area contributed by atoms with Gasteiger partial charge in [0.15, 0.2) is 0 Å². The second-order valence-corrected chi connectivity index (χ2v) is 6.01. The van der Waals surface area contributed by atoms with E-state index < -0.39 is 0 Å². The number of rotatable bonds is 5. The molecule has 1 aliphatic rings. The predicted molar refractivity (Wildman–Crippen MR) is 83.9 cm³/mol. The third-order valence-corrected chi connectivity index (χ3v) is 4.01. The van der Waals surface area contributed by atoms with Crippen LogP contribution >= 0.6 is 0 Å². The minimum absolute atomic E-state index is 0.474. The fourth-order valence-corrected chi connectivity index (χ4v) is 2.83. The van der Waals surface area contributed by atoms with Gasteiger partial charge in [0, 0.05) is 31.4 Å². The first kappa shape index (κ1) is 15.2. The van der Waals surface area contributed by atoms with Gasteiger partial charge in [-0.15, -0.1) is 0 Å². The van der Waals surface area contributed by atoms with E-state index in [0.717, 1.165) is 24.6 Å². The Kier molecular flexibility index (Phi) is 5.77. The number of hydrogen-bond donors (Lipinski definition) is 1. The van der Waals surface area contributed by atoms with Gasteiger partial charge < -0.3 is 10.2 Å². The van der Waals surface area contributed by atoms with Gasteiger partial charge in [-0.25, -0.2) is 4.98 Å². The molecule has 1 unspecified atom stereocenters. The van der Waals surface area contributed by atoms with E-state index in [2.05, 4.69) is 36.0 Å². The van der Waals surface area contributed by atoms with Crippen molar-refractivity contribution >= 4 is 5.82 Å². The summed E-state index contributed by atoms with van der Waals surface area (Å²) < 4.78 is 0. The lowest BCUT2D eigenvalue weighted by Crippen LogP contribution is -2.35. The van der Waals surface area contributed by atoms with E-state index in [1.807, 2.05) is 12.4 Å². The molecule has 112 valence electrons. The molecule has 0 radical (unpaired) electrons. The quantitative estimate of drug-likeness (QED) is 0.897. The monoisotopic (exact) mass is 276 g/mol. The summed E-state index contributed by atoms with van der Waals surface area (Å²) in [6.07, 6.45) is 10.2. The molecular formula is C16H28N4. The largest absolute Gasteiger partial charge is 0.352 e. The van der Waals surface area contributed by atoms with E-state index in [-0.39, 0.29) is 0 Å². The summed E-state index contributed by atoms with van der Waals surface area (Å²) in [5.74, 6) is 1.06. The lowest BCUT2D eigenvalue weighted by molar-refractivity contribution is 0.547. The van der Waals surface area contributed by atoms with Gasteiger partial charge in [0.25, 0.3) is 0 Å². The summed E-state index contributed by atoms with van der Waals surface area (Å²) >= 11 is 0. The van der Waals surface area contributed by atoms with Gasteiger partial charge in [0.1, 0.15) is 5.82 Å². The molecule has 0 bridgehead atoms. The second-order valence-electron chi connectivity index (χ2n) is 6.01. The summed E-state index contributed by atoms with van der Waals surface area (Å²) in [7, 11) is 0. The van der Waals surface area contributed by atoms with Gasteiger partial charge in [-0.1, -0.05) is 33.6 Å². The van der Waals surface area contributed by atoms with E-state index in [1.165, 1.54) is 32.1 Å². The van der Waals surface area contributed by atoms with Crippen LogP contribution in [0, 0.1) is 0 Å². The highest BCUT2D eigenvalue weighted by Gasteiger charge is 2.21. The molecule has 0 amide bonds. The molecule has 0 aliphatic carbocycles. The van der Waals surface area contributed by atoms with Crippen LogP contribution in [0.5, 0.6) is 0 Å². The summed E-state index contributed by atoms with van der Waals surface area (Å²) in [6.45, 7) is 8.50. The Bertz CT molecular complexity index is 405. The van der Waals surface area contributed by atoms with Gasteiger partial charge in [0.05, 0.1) is 11.9 Å². The molecule has 4 heteroatoms. The van der Waals surface area contributed by atoms with Crippen LogP contribution in [-0.2, 0) is 6.54 Å². The lowest BCUT2D eigenvalue weighted by atomic mass is 10.1. The number of nitrogens with one attached hydrogen (secondary N) is 1. The maximum atomic E-state index is 4.81. The van der Waals surface area contributed by atoms with Crippen molar-refractivity contribution in [3.8, 4) is 0 Å². The highest BCUT2D eigenvalue weighted by atomic mass is 15.2. The zero-order valence-electron chi connectivity index (χ0n) is 13.1. The Hall–Kier alpha value is -1.16. The minimum Gasteiger partial charge on any atom is -0.352 e. The van der Waals surface area contributed by atoms with Gasteiger partial charge >= 0.3 is 0 Å². The fraction of sp³-hybridized carbons (Fsp3) is 0.750. The number of hydrogen-bond acceptors (Lipinski definition) is 4. The third kappa shape index (κ3) is 4.17. The fourth-order valence-electron chi connectivity index (χ4n) is 2.83. The second kappa shape index (κ2) is 7.58. The average Bonchev–Trinajstić information content (AvgIpc) is 2.70. The Morgan fingerprint density at radius 3 is 2.90 bits per heavy atom. The predicted octanol–water partition coefficient (Wildman–Crippen LogP) is 3.13. The molecule has 1 N–H and O–H groups in total. The molecule has 0 aromatic carbocycles. The Morgan fingerprint density at radius 1 is 1.30 bits per heavy atom. The van der Waals surface area contributed by atoms with Crippen molar-refractivity contribution in [2.45, 2.75) is 71.5 Å². The van der Waals surface area contributed by atoms with Crippen molar-refractivity contribution in [1.29, 1.82) is 0 Å². The molecule has 1 saturated heterocycles. The maximum Gasteiger partial charge on any atom is 0.147 e. The first-order valence-electron chi connectivity index (χ1n) is 8.01. The first-order chi connectivity index (χ1) is 9.70. The molecule has 2 heterocycles. The molecule has 1 aromatic heterocycles. The summed E-state index contributed by atoms with van der Waals surface area (Å²) in [6, 6.07) is 1.10. The highest BCUT2D eigenvalue weighted by molar-refractivity contribution is 5.38. The molecule has 4 nitrogen and oxygen atoms in total. The normalized spacial score (nSPS) is 20.2. The van der Waals surface area contributed by atoms with E-state index in [4.69, 9.17) is 4.98 Å². The van der Waals surface area contributed by atoms with Crippen LogP contribution in [0.3, 0.4) is 0 Å². The molecule has 1 atom stereocenters. The zero-order valence-corrected chi connectivity index (χ0v) is 13.1. The number of aromatic nitrogens is 2. The average molecular weight is 276 g/mol. The van der Waals surface area contributed by atoms with Crippen LogP contribution in [0.1, 0.15) is 58.6 Å². The van der Waals surface area contributed by atoms with Crippen LogP contribution in [0.15, 0.2) is 12.4 Å². The Balaban J connectivity index is 2.11. The molecule has 1 aromatic rings. The van der Waals surface area contributed by atoms with Crippen molar-refractivity contribution in [1.82, 2.24) is 15.3 Å². The van der Waals surface area contributed by atoms with Gasteiger partial charge in [-0.05, 0) is 19.3 Å². The van der Waals surface area contributed by atoms with Gasteiger partial charge in [-0.2, -0.15) is 0 Å². The van der Waals surface area contributed by atoms with Gasteiger partial charge in [-0.3, -0.25) is 4.98 Å². The molecule has 0 spiro atoms. The lowest BCUT2D eigenvalue weighted by Gasteiger charge is -2.30. The molecule has 20 heavy (non-hydrogen) atoms. The van der Waals surface area contributed by atoms with Crippen molar-refractivity contribution in [2.75, 3.05) is 11.4 Å². The van der Waals surface area contributed by atoms with E-state index in [0.29, 0.717) is 12.1 Å². The number of anilines is 1. The molecule has 2 rings (SSSR count). The van der Waals surface area contributed by atoms with Crippen molar-refractivity contribution in [3.63, 3.8) is 0 Å². The van der Waals surface area contributed by atoms with Crippen molar-refractivity contribution < 1.29 is 0 Å². The summed E-state index contributed by atoms with van der Waals surface area (Å²) in [5.41, 5.74) is 1.04. The standard InChI is InChI=1S/C16H28N4/c1-4-15-8-6-5-7-9-20(15)16-12-17-10-14(19-16)11-18-13(2)3/h10,12-13,15,18H,4-9,11H2,1-3H3. The molecule has 1 aliphatic heterocycles. The van der Waals surface area contributed by atoms with Crippen molar-refractivity contribution in [3.05, 3.63) is 18.1 Å². The molecular weight excluding hydrogens is 248 g/mol. The maximum absolute atomic E-state index is 4.81. The first-order valence-corrected chi connectivity index (χ1v) is 8.01. The Labute approximate surface area is 123 Å². The van der Waals surface area contributed by atoms with Gasteiger partial charge in [0.2, 0.25) is 0 Å². The van der Waals surface area contributed by atoms with Crippen LogP contribution in [0.25, 0.3) is 0 Å². The zero-order chi connectivity index (χ0) is 14.4. The SMILES string of the molecule is CCC1CCCCCN1c1cncc(CNC(C)C)n1. The minimum atomic E-state index is 0.474. The summed E-state index contributed by atoms with van der Waals surface area (Å²) in [4.78, 5) is 11.7. The van der Waals surface area contributed by atoms with Crippen molar-refractivity contribution in [2.24, 2.45) is 0 Å². The third-order valence-electron chi connectivity index (χ3n) is 4.01. The molecule has 1 fully saturated rings.